The predicted molar refractivity (Wildman–Crippen MR) is 111 cm³/mol. The fraction of sp³-hybridized carbons (Fsp3) is 0.435. The summed E-state index contributed by atoms with van der Waals surface area (Å²) in [4.78, 5) is 14.4. The molecule has 0 fully saturated rings. The van der Waals surface area contributed by atoms with Gasteiger partial charge in [-0.15, -0.1) is 0 Å². The highest BCUT2D eigenvalue weighted by Crippen LogP contribution is 2.27. The van der Waals surface area contributed by atoms with Gasteiger partial charge in [0.1, 0.15) is 0 Å². The summed E-state index contributed by atoms with van der Waals surface area (Å²) in [7, 11) is 3.43. The number of rotatable bonds is 7. The second-order valence-corrected chi connectivity index (χ2v) is 7.70. The van der Waals surface area contributed by atoms with Gasteiger partial charge in [0.15, 0.2) is 11.5 Å². The van der Waals surface area contributed by atoms with Crippen LogP contribution < -0.4 is 10.1 Å². The van der Waals surface area contributed by atoms with E-state index < -0.39 is 0 Å². The number of nitrogens with one attached hydrogen (secondary N) is 1. The van der Waals surface area contributed by atoms with Crippen LogP contribution in [0.5, 0.6) is 11.5 Å². The van der Waals surface area contributed by atoms with Gasteiger partial charge < -0.3 is 15.2 Å². The van der Waals surface area contributed by atoms with Gasteiger partial charge in [0.25, 0.3) is 0 Å². The number of hydrogen-bond donors (Lipinski definition) is 2. The lowest BCUT2D eigenvalue weighted by Gasteiger charge is -2.22. The van der Waals surface area contributed by atoms with E-state index in [4.69, 9.17) is 4.74 Å². The van der Waals surface area contributed by atoms with Crippen molar-refractivity contribution in [2.75, 3.05) is 20.7 Å². The van der Waals surface area contributed by atoms with E-state index in [0.29, 0.717) is 18.8 Å². The summed E-state index contributed by atoms with van der Waals surface area (Å²) in [6.07, 6.45) is 4.84. The average molecular weight is 383 g/mol. The molecule has 0 unspecified atom stereocenters. The van der Waals surface area contributed by atoms with E-state index in [1.165, 1.54) is 43.1 Å². The summed E-state index contributed by atoms with van der Waals surface area (Å²) in [6, 6.07) is 11.8. The smallest absolute Gasteiger partial charge is 0.234 e. The molecule has 1 atom stereocenters. The standard InChI is InChI=1S/C23H30N2O3/c1-16(19-10-9-18-6-4-5-7-20(18)13-19)24-23(27)15-25(2)14-17-8-11-21(26)22(12-17)28-3/h8-13,16,26H,4-7,14-15H2,1-3H3,(H,24,27)/t16-/m1/s1. The molecule has 28 heavy (non-hydrogen) atoms. The van der Waals surface area contributed by atoms with Crippen molar-refractivity contribution >= 4 is 5.91 Å². The number of carbonyl (C=O) groups is 1. The number of ether oxygens (including phenoxy) is 1. The lowest BCUT2D eigenvalue weighted by Crippen LogP contribution is -2.36. The van der Waals surface area contributed by atoms with Crippen molar-refractivity contribution < 1.29 is 14.6 Å². The Hall–Kier alpha value is -2.53. The highest BCUT2D eigenvalue weighted by molar-refractivity contribution is 5.78. The molecule has 3 rings (SSSR count). The molecule has 2 N–H and O–H groups in total. The molecule has 5 nitrogen and oxygen atoms in total. The van der Waals surface area contributed by atoms with Crippen molar-refractivity contribution in [1.29, 1.82) is 0 Å². The fourth-order valence-electron chi connectivity index (χ4n) is 3.83. The minimum absolute atomic E-state index is 0.00142. The van der Waals surface area contributed by atoms with E-state index in [-0.39, 0.29) is 17.7 Å². The highest BCUT2D eigenvalue weighted by atomic mass is 16.5. The zero-order valence-electron chi connectivity index (χ0n) is 17.0. The third kappa shape index (κ3) is 5.04. The van der Waals surface area contributed by atoms with Gasteiger partial charge in [-0.1, -0.05) is 24.3 Å². The van der Waals surface area contributed by atoms with Crippen LogP contribution in [0.25, 0.3) is 0 Å². The second kappa shape index (κ2) is 9.11. The topological polar surface area (TPSA) is 61.8 Å². The third-order valence-corrected chi connectivity index (χ3v) is 5.36. The number of carbonyl (C=O) groups excluding carboxylic acids is 1. The highest BCUT2D eigenvalue weighted by Gasteiger charge is 2.15. The maximum Gasteiger partial charge on any atom is 0.234 e. The number of aromatic hydroxyl groups is 1. The summed E-state index contributed by atoms with van der Waals surface area (Å²) < 4.78 is 5.14. The molecule has 0 aromatic heterocycles. The van der Waals surface area contributed by atoms with E-state index in [9.17, 15) is 9.90 Å². The Bertz CT molecular complexity index is 835. The Morgan fingerprint density at radius 3 is 2.68 bits per heavy atom. The lowest BCUT2D eigenvalue weighted by atomic mass is 9.89. The Kier molecular flexibility index (Phi) is 6.57. The number of phenolic OH excluding ortho intramolecular Hbond substituents is 1. The molecule has 1 amide bonds. The summed E-state index contributed by atoms with van der Waals surface area (Å²) in [5.74, 6) is 0.556. The number of methoxy groups -OCH3 is 1. The molecule has 1 aliphatic rings. The first-order chi connectivity index (χ1) is 13.5. The molecular weight excluding hydrogens is 352 g/mol. The van der Waals surface area contributed by atoms with Crippen LogP contribution in [0.1, 0.15) is 48.1 Å². The van der Waals surface area contributed by atoms with Gasteiger partial charge in [-0.25, -0.2) is 0 Å². The molecule has 0 bridgehead atoms. The zero-order valence-corrected chi connectivity index (χ0v) is 17.0. The molecule has 0 aliphatic heterocycles. The molecule has 2 aromatic rings. The molecular formula is C23H30N2O3. The molecule has 2 aromatic carbocycles. The van der Waals surface area contributed by atoms with E-state index in [2.05, 4.69) is 23.5 Å². The number of nitrogens with zero attached hydrogens (tertiary/aromatic N) is 1. The number of fused-ring (bicyclic) bond motifs is 1. The molecule has 1 aliphatic carbocycles. The lowest BCUT2D eigenvalue weighted by molar-refractivity contribution is -0.122. The maximum atomic E-state index is 12.5. The zero-order chi connectivity index (χ0) is 20.1. The molecule has 0 saturated carbocycles. The van der Waals surface area contributed by atoms with Crippen molar-refractivity contribution in [1.82, 2.24) is 10.2 Å². The van der Waals surface area contributed by atoms with Gasteiger partial charge in [-0.2, -0.15) is 0 Å². The summed E-state index contributed by atoms with van der Waals surface area (Å²) >= 11 is 0. The molecule has 0 saturated heterocycles. The monoisotopic (exact) mass is 382 g/mol. The Labute approximate surface area is 167 Å². The summed E-state index contributed by atoms with van der Waals surface area (Å²) in [5, 5.41) is 12.8. The Morgan fingerprint density at radius 1 is 1.18 bits per heavy atom. The number of aryl methyl sites for hydroxylation is 2. The van der Waals surface area contributed by atoms with Gasteiger partial charge in [-0.3, -0.25) is 9.69 Å². The van der Waals surface area contributed by atoms with Gasteiger partial charge in [0, 0.05) is 6.54 Å². The third-order valence-electron chi connectivity index (χ3n) is 5.36. The number of phenols is 1. The van der Waals surface area contributed by atoms with Crippen molar-refractivity contribution in [2.45, 2.75) is 45.2 Å². The van der Waals surface area contributed by atoms with Crippen LogP contribution >= 0.6 is 0 Å². The van der Waals surface area contributed by atoms with Crippen LogP contribution in [0.15, 0.2) is 36.4 Å². The SMILES string of the molecule is COc1cc(CN(C)CC(=O)N[C@H](C)c2ccc3c(c2)CCCC3)ccc1O. The molecule has 0 heterocycles. The summed E-state index contributed by atoms with van der Waals surface area (Å²) in [6.45, 7) is 2.93. The Balaban J connectivity index is 1.54. The minimum Gasteiger partial charge on any atom is -0.504 e. The fourth-order valence-corrected chi connectivity index (χ4v) is 3.83. The molecule has 5 heteroatoms. The predicted octanol–water partition coefficient (Wildman–Crippen LogP) is 3.59. The Morgan fingerprint density at radius 2 is 1.93 bits per heavy atom. The molecule has 150 valence electrons. The first-order valence-corrected chi connectivity index (χ1v) is 9.91. The number of likely N-dealkylation sites (N-methyl/N-ethyl adjacent to an activating group) is 1. The average Bonchev–Trinajstić information content (AvgIpc) is 2.68. The molecule has 0 radical (unpaired) electrons. The van der Waals surface area contributed by atoms with Gasteiger partial charge in [0.05, 0.1) is 19.7 Å². The van der Waals surface area contributed by atoms with Crippen molar-refractivity contribution in [2.24, 2.45) is 0 Å². The van der Waals surface area contributed by atoms with Crippen LogP contribution in [0.3, 0.4) is 0 Å². The first kappa shape index (κ1) is 20.2. The van der Waals surface area contributed by atoms with Crippen molar-refractivity contribution in [3.8, 4) is 11.5 Å². The maximum absolute atomic E-state index is 12.5. The van der Waals surface area contributed by atoms with E-state index in [1.54, 1.807) is 12.1 Å². The minimum atomic E-state index is -0.0121. The number of amides is 1. The normalized spacial score (nSPS) is 14.4. The van der Waals surface area contributed by atoms with Gasteiger partial charge in [0.2, 0.25) is 5.91 Å². The number of benzene rings is 2. The van der Waals surface area contributed by atoms with Crippen LogP contribution in [0.4, 0.5) is 0 Å². The van der Waals surface area contributed by atoms with E-state index in [1.807, 2.05) is 24.9 Å². The second-order valence-electron chi connectivity index (χ2n) is 7.70. The van der Waals surface area contributed by atoms with Crippen LogP contribution in [-0.2, 0) is 24.2 Å². The number of hydrogen-bond acceptors (Lipinski definition) is 4. The largest absolute Gasteiger partial charge is 0.504 e. The van der Waals surface area contributed by atoms with Crippen molar-refractivity contribution in [3.05, 3.63) is 58.7 Å². The first-order valence-electron chi connectivity index (χ1n) is 9.91. The quantitative estimate of drug-likeness (QED) is 0.768. The summed E-state index contributed by atoms with van der Waals surface area (Å²) in [5.41, 5.74) is 5.04. The van der Waals surface area contributed by atoms with Crippen molar-refractivity contribution in [3.63, 3.8) is 0 Å². The van der Waals surface area contributed by atoms with Crippen LogP contribution in [0.2, 0.25) is 0 Å². The van der Waals surface area contributed by atoms with Crippen LogP contribution in [-0.4, -0.2) is 36.6 Å². The van der Waals surface area contributed by atoms with E-state index in [0.717, 1.165) is 12.0 Å². The van der Waals surface area contributed by atoms with Crippen LogP contribution in [0, 0.1) is 0 Å². The van der Waals surface area contributed by atoms with Gasteiger partial charge in [-0.05, 0) is 74.0 Å². The van der Waals surface area contributed by atoms with Gasteiger partial charge >= 0.3 is 0 Å². The molecule has 0 spiro atoms. The van der Waals surface area contributed by atoms with E-state index >= 15 is 0 Å².